The Morgan fingerprint density at radius 1 is 1.43 bits per heavy atom. The smallest absolute Gasteiger partial charge is 0.257 e. The Hall–Kier alpha value is -2.07. The number of nitrogens with one attached hydrogen (secondary N) is 1. The van der Waals surface area contributed by atoms with Crippen molar-refractivity contribution in [3.8, 4) is 0 Å². The largest absolute Gasteiger partial charge is 0.491 e. The van der Waals surface area contributed by atoms with E-state index in [4.69, 9.17) is 9.47 Å². The van der Waals surface area contributed by atoms with Crippen LogP contribution in [0.4, 0.5) is 0 Å². The Morgan fingerprint density at radius 3 is 2.90 bits per heavy atom. The molecule has 1 aromatic carbocycles. The van der Waals surface area contributed by atoms with Gasteiger partial charge in [0.15, 0.2) is 6.61 Å². The van der Waals surface area contributed by atoms with Crippen molar-refractivity contribution in [1.82, 2.24) is 5.32 Å². The summed E-state index contributed by atoms with van der Waals surface area (Å²) in [6.07, 6.45) is 5.50. The van der Waals surface area contributed by atoms with Crippen LogP contribution in [-0.4, -0.2) is 31.8 Å². The summed E-state index contributed by atoms with van der Waals surface area (Å²) < 4.78 is 10.8. The van der Waals surface area contributed by atoms with Crippen molar-refractivity contribution in [1.29, 1.82) is 0 Å². The molecule has 4 nitrogen and oxygen atoms in total. The summed E-state index contributed by atoms with van der Waals surface area (Å²) in [5, 5.41) is 2.81. The standard InChI is InChI=1S/C17H21NO3/c1-2-14(15-7-4-3-5-8-15)12-20-13-17(19)18-11-16-9-6-10-21-16/h2-5,7-8,12,16H,1,6,9-11,13H2,(H,18,19)/b14-12+. The Labute approximate surface area is 125 Å². The summed E-state index contributed by atoms with van der Waals surface area (Å²) in [5.74, 6) is -0.141. The molecule has 1 fully saturated rings. The fourth-order valence-corrected chi connectivity index (χ4v) is 2.16. The Bertz CT molecular complexity index is 490. The lowest BCUT2D eigenvalue weighted by molar-refractivity contribution is -0.124. The highest BCUT2D eigenvalue weighted by Crippen LogP contribution is 2.14. The first-order valence-electron chi connectivity index (χ1n) is 7.17. The van der Waals surface area contributed by atoms with Crippen molar-refractivity contribution in [3.63, 3.8) is 0 Å². The molecule has 1 atom stereocenters. The van der Waals surface area contributed by atoms with Gasteiger partial charge in [0.2, 0.25) is 0 Å². The zero-order chi connectivity index (χ0) is 14.9. The molecule has 0 saturated carbocycles. The average molecular weight is 287 g/mol. The molecular formula is C17H21NO3. The van der Waals surface area contributed by atoms with Gasteiger partial charge in [0, 0.05) is 18.7 Å². The Balaban J connectivity index is 1.74. The minimum atomic E-state index is -0.141. The van der Waals surface area contributed by atoms with E-state index in [2.05, 4.69) is 11.9 Å². The molecule has 4 heteroatoms. The maximum absolute atomic E-state index is 11.7. The van der Waals surface area contributed by atoms with Crippen LogP contribution in [0.15, 0.2) is 49.2 Å². The van der Waals surface area contributed by atoms with Gasteiger partial charge in [0.05, 0.1) is 12.4 Å². The van der Waals surface area contributed by atoms with E-state index in [-0.39, 0.29) is 18.6 Å². The van der Waals surface area contributed by atoms with Gasteiger partial charge < -0.3 is 14.8 Å². The van der Waals surface area contributed by atoms with E-state index in [9.17, 15) is 4.79 Å². The van der Waals surface area contributed by atoms with Crippen LogP contribution in [0.3, 0.4) is 0 Å². The summed E-state index contributed by atoms with van der Waals surface area (Å²) in [7, 11) is 0. The van der Waals surface area contributed by atoms with Crippen LogP contribution in [0.2, 0.25) is 0 Å². The number of amides is 1. The van der Waals surface area contributed by atoms with Gasteiger partial charge in [-0.25, -0.2) is 0 Å². The van der Waals surface area contributed by atoms with E-state index >= 15 is 0 Å². The van der Waals surface area contributed by atoms with Crippen LogP contribution in [0.1, 0.15) is 18.4 Å². The highest BCUT2D eigenvalue weighted by Gasteiger charge is 2.15. The first-order valence-corrected chi connectivity index (χ1v) is 7.17. The predicted octanol–water partition coefficient (Wildman–Crippen LogP) is 2.53. The first kappa shape index (κ1) is 15.3. The lowest BCUT2D eigenvalue weighted by atomic mass is 10.1. The molecule has 1 N–H and O–H groups in total. The first-order chi connectivity index (χ1) is 10.3. The zero-order valence-corrected chi connectivity index (χ0v) is 12.1. The van der Waals surface area contributed by atoms with E-state index in [0.717, 1.165) is 30.6 Å². The van der Waals surface area contributed by atoms with Gasteiger partial charge in [0.25, 0.3) is 5.91 Å². The van der Waals surface area contributed by atoms with Crippen molar-refractivity contribution in [2.75, 3.05) is 19.8 Å². The third-order valence-electron chi connectivity index (χ3n) is 3.30. The molecule has 0 aliphatic carbocycles. The second-order valence-corrected chi connectivity index (χ2v) is 4.89. The third-order valence-corrected chi connectivity index (χ3v) is 3.30. The van der Waals surface area contributed by atoms with Gasteiger partial charge >= 0.3 is 0 Å². The van der Waals surface area contributed by atoms with Crippen molar-refractivity contribution < 1.29 is 14.3 Å². The number of hydrogen-bond acceptors (Lipinski definition) is 3. The predicted molar refractivity (Wildman–Crippen MR) is 82.6 cm³/mol. The summed E-state index contributed by atoms with van der Waals surface area (Å²) in [5.41, 5.74) is 1.86. The van der Waals surface area contributed by atoms with Crippen molar-refractivity contribution in [2.24, 2.45) is 0 Å². The van der Waals surface area contributed by atoms with E-state index in [1.807, 2.05) is 30.3 Å². The van der Waals surface area contributed by atoms with E-state index < -0.39 is 0 Å². The second kappa shape index (κ2) is 8.27. The van der Waals surface area contributed by atoms with Crippen LogP contribution in [0.5, 0.6) is 0 Å². The van der Waals surface area contributed by atoms with Crippen LogP contribution in [0, 0.1) is 0 Å². The van der Waals surface area contributed by atoms with Gasteiger partial charge in [0.1, 0.15) is 0 Å². The molecule has 1 heterocycles. The molecule has 1 aromatic rings. The van der Waals surface area contributed by atoms with Crippen LogP contribution >= 0.6 is 0 Å². The summed E-state index contributed by atoms with van der Waals surface area (Å²) in [6.45, 7) is 5.10. The lowest BCUT2D eigenvalue weighted by Gasteiger charge is -2.10. The van der Waals surface area contributed by atoms with Gasteiger partial charge in [-0.1, -0.05) is 43.0 Å². The molecule has 112 valence electrons. The SMILES string of the molecule is C=C/C(=C\OCC(=O)NCC1CCCO1)c1ccccc1. The highest BCUT2D eigenvalue weighted by molar-refractivity contribution is 5.77. The molecule has 1 aliphatic rings. The summed E-state index contributed by atoms with van der Waals surface area (Å²) in [6, 6.07) is 9.77. The van der Waals surface area contributed by atoms with E-state index in [1.54, 1.807) is 12.3 Å². The van der Waals surface area contributed by atoms with Gasteiger partial charge in [-0.2, -0.15) is 0 Å². The van der Waals surface area contributed by atoms with Crippen molar-refractivity contribution >= 4 is 11.5 Å². The molecule has 21 heavy (non-hydrogen) atoms. The zero-order valence-electron chi connectivity index (χ0n) is 12.1. The molecule has 1 unspecified atom stereocenters. The number of carbonyl (C=O) groups excluding carboxylic acids is 1. The van der Waals surface area contributed by atoms with Crippen LogP contribution < -0.4 is 5.32 Å². The van der Waals surface area contributed by atoms with Crippen LogP contribution in [-0.2, 0) is 14.3 Å². The molecule has 1 amide bonds. The fraction of sp³-hybridized carbons (Fsp3) is 0.353. The number of benzene rings is 1. The summed E-state index contributed by atoms with van der Waals surface area (Å²) >= 11 is 0. The number of carbonyl (C=O) groups is 1. The monoisotopic (exact) mass is 287 g/mol. The maximum atomic E-state index is 11.7. The normalized spacial score (nSPS) is 18.3. The van der Waals surface area contributed by atoms with Gasteiger partial charge in [-0.05, 0) is 18.4 Å². The number of allylic oxidation sites excluding steroid dienone is 2. The molecule has 0 radical (unpaired) electrons. The molecule has 0 aromatic heterocycles. The maximum Gasteiger partial charge on any atom is 0.257 e. The van der Waals surface area contributed by atoms with E-state index in [0.29, 0.717) is 6.54 Å². The average Bonchev–Trinajstić information content (AvgIpc) is 3.04. The molecular weight excluding hydrogens is 266 g/mol. The van der Waals surface area contributed by atoms with Gasteiger partial charge in [-0.3, -0.25) is 4.79 Å². The van der Waals surface area contributed by atoms with Crippen molar-refractivity contribution in [2.45, 2.75) is 18.9 Å². The second-order valence-electron chi connectivity index (χ2n) is 4.89. The Kier molecular flexibility index (Phi) is 6.03. The molecule has 1 saturated heterocycles. The number of ether oxygens (including phenoxy) is 2. The molecule has 0 spiro atoms. The quantitative estimate of drug-likeness (QED) is 0.619. The Morgan fingerprint density at radius 2 is 2.24 bits per heavy atom. The minimum absolute atomic E-state index is 0.00308. The van der Waals surface area contributed by atoms with E-state index in [1.165, 1.54) is 0 Å². The summed E-state index contributed by atoms with van der Waals surface area (Å²) in [4.78, 5) is 11.7. The number of hydrogen-bond donors (Lipinski definition) is 1. The van der Waals surface area contributed by atoms with Crippen molar-refractivity contribution in [3.05, 3.63) is 54.8 Å². The fourth-order valence-electron chi connectivity index (χ4n) is 2.16. The lowest BCUT2D eigenvalue weighted by Crippen LogP contribution is -2.33. The molecule has 2 rings (SSSR count). The topological polar surface area (TPSA) is 47.6 Å². The highest BCUT2D eigenvalue weighted by atomic mass is 16.5. The molecule has 0 bridgehead atoms. The molecule has 1 aliphatic heterocycles. The van der Waals surface area contributed by atoms with Gasteiger partial charge in [-0.15, -0.1) is 0 Å². The number of rotatable bonds is 7. The minimum Gasteiger partial charge on any atom is -0.491 e. The van der Waals surface area contributed by atoms with Crippen LogP contribution in [0.25, 0.3) is 5.57 Å². The third kappa shape index (κ3) is 5.08.